The van der Waals surface area contributed by atoms with Gasteiger partial charge in [0.05, 0.1) is 0 Å². The minimum atomic E-state index is -0.558. The van der Waals surface area contributed by atoms with E-state index in [4.69, 9.17) is 0 Å². The van der Waals surface area contributed by atoms with E-state index in [1.54, 1.807) is 0 Å². The second-order valence-corrected chi connectivity index (χ2v) is 3.97. The summed E-state index contributed by atoms with van der Waals surface area (Å²) in [5, 5.41) is 6.47. The van der Waals surface area contributed by atoms with Gasteiger partial charge in [-0.2, -0.15) is 0 Å². The first-order chi connectivity index (χ1) is 8.19. The summed E-state index contributed by atoms with van der Waals surface area (Å²) in [5.41, 5.74) is 0. The minimum Gasteiger partial charge on any atom is -0.244 e. The zero-order valence-electron chi connectivity index (χ0n) is 9.84. The third-order valence-corrected chi connectivity index (χ3v) is 2.68. The minimum absolute atomic E-state index is 0.252. The summed E-state index contributed by atoms with van der Waals surface area (Å²) in [6.07, 6.45) is 7.20. The summed E-state index contributed by atoms with van der Waals surface area (Å²) in [4.78, 5) is 23.6. The molecule has 0 radical (unpaired) electrons. The molecule has 0 atom stereocenters. The molecule has 1 rings (SSSR count). The lowest BCUT2D eigenvalue weighted by Gasteiger charge is -2.19. The lowest BCUT2D eigenvalue weighted by molar-refractivity contribution is 0.195. The van der Waals surface area contributed by atoms with Crippen molar-refractivity contribution in [3.63, 3.8) is 0 Å². The first-order valence-corrected chi connectivity index (χ1v) is 5.68. The van der Waals surface area contributed by atoms with E-state index >= 15 is 0 Å². The lowest BCUT2D eigenvalue weighted by Crippen LogP contribution is -2.33. The Balaban J connectivity index is 2.52. The summed E-state index contributed by atoms with van der Waals surface area (Å²) in [6.45, 7) is 7.72. The molecule has 92 valence electrons. The number of azo groups is 1. The van der Waals surface area contributed by atoms with E-state index in [0.29, 0.717) is 6.54 Å². The molecular weight excluding hydrogens is 218 g/mol. The zero-order valence-corrected chi connectivity index (χ0v) is 9.84. The maximum atomic E-state index is 11.3. The number of hydrogen-bond donors (Lipinski definition) is 0. The number of rotatable bonds is 8. The number of allylic oxidation sites excluding steroid dienone is 2. The van der Waals surface area contributed by atoms with Crippen molar-refractivity contribution in [1.82, 2.24) is 4.90 Å². The summed E-state index contributed by atoms with van der Waals surface area (Å²) < 4.78 is 0. The third kappa shape index (κ3) is 3.94. The molecule has 0 aliphatic carbocycles. The van der Waals surface area contributed by atoms with Crippen molar-refractivity contribution in [2.75, 3.05) is 6.54 Å². The fourth-order valence-electron chi connectivity index (χ4n) is 1.72. The highest BCUT2D eigenvalue weighted by molar-refractivity contribution is 5.98. The second kappa shape index (κ2) is 6.73. The van der Waals surface area contributed by atoms with Gasteiger partial charge in [-0.15, -0.1) is 13.2 Å². The number of amides is 4. The molecule has 0 N–H and O–H groups in total. The monoisotopic (exact) mass is 235 g/mol. The van der Waals surface area contributed by atoms with Crippen LogP contribution in [0.5, 0.6) is 0 Å². The van der Waals surface area contributed by atoms with Crippen LogP contribution in [0.2, 0.25) is 0 Å². The Morgan fingerprint density at radius 3 is 1.94 bits per heavy atom. The SMILES string of the molecule is C=CCCC(CCC=C)CN1C(=O)N=NC1=O. The topological polar surface area (TPSA) is 62.1 Å². The van der Waals surface area contributed by atoms with Crippen molar-refractivity contribution in [2.24, 2.45) is 16.1 Å². The van der Waals surface area contributed by atoms with Crippen molar-refractivity contribution in [3.05, 3.63) is 25.3 Å². The zero-order chi connectivity index (χ0) is 12.7. The Morgan fingerprint density at radius 1 is 1.06 bits per heavy atom. The first-order valence-electron chi connectivity index (χ1n) is 5.68. The van der Waals surface area contributed by atoms with Gasteiger partial charge in [-0.25, -0.2) is 14.5 Å². The van der Waals surface area contributed by atoms with Crippen molar-refractivity contribution in [2.45, 2.75) is 25.7 Å². The molecule has 0 saturated carbocycles. The molecule has 0 aromatic carbocycles. The molecule has 0 unspecified atom stereocenters. The smallest absolute Gasteiger partial charge is 0.244 e. The van der Waals surface area contributed by atoms with Gasteiger partial charge in [0.1, 0.15) is 0 Å². The van der Waals surface area contributed by atoms with Gasteiger partial charge in [-0.1, -0.05) is 22.4 Å². The maximum Gasteiger partial charge on any atom is 0.370 e. The van der Waals surface area contributed by atoms with Crippen molar-refractivity contribution >= 4 is 12.1 Å². The normalized spacial score (nSPS) is 14.8. The van der Waals surface area contributed by atoms with Crippen LogP contribution in [0.1, 0.15) is 25.7 Å². The van der Waals surface area contributed by atoms with Gasteiger partial charge in [0.25, 0.3) is 0 Å². The average molecular weight is 235 g/mol. The van der Waals surface area contributed by atoms with Gasteiger partial charge in [0.15, 0.2) is 0 Å². The predicted octanol–water partition coefficient (Wildman–Crippen LogP) is 3.54. The van der Waals surface area contributed by atoms with Crippen LogP contribution in [0.15, 0.2) is 35.5 Å². The molecule has 1 heterocycles. The molecule has 0 spiro atoms. The van der Waals surface area contributed by atoms with Crippen molar-refractivity contribution < 1.29 is 9.59 Å². The van der Waals surface area contributed by atoms with Crippen LogP contribution in [-0.2, 0) is 0 Å². The van der Waals surface area contributed by atoms with E-state index in [-0.39, 0.29) is 5.92 Å². The van der Waals surface area contributed by atoms with Gasteiger partial charge in [-0.05, 0) is 31.6 Å². The third-order valence-electron chi connectivity index (χ3n) is 2.68. The maximum absolute atomic E-state index is 11.3. The molecule has 0 aromatic rings. The Hall–Kier alpha value is -1.78. The predicted molar refractivity (Wildman–Crippen MR) is 64.7 cm³/mol. The molecule has 5 heteroatoms. The molecule has 1 aliphatic heterocycles. The van der Waals surface area contributed by atoms with Crippen LogP contribution in [0.25, 0.3) is 0 Å². The van der Waals surface area contributed by atoms with Gasteiger partial charge in [0.2, 0.25) is 0 Å². The Labute approximate surface area is 101 Å². The molecule has 4 amide bonds. The van der Waals surface area contributed by atoms with Crippen molar-refractivity contribution in [1.29, 1.82) is 0 Å². The molecule has 1 aliphatic rings. The van der Waals surface area contributed by atoms with Gasteiger partial charge >= 0.3 is 12.1 Å². The van der Waals surface area contributed by atoms with E-state index in [0.717, 1.165) is 30.6 Å². The number of urea groups is 2. The van der Waals surface area contributed by atoms with E-state index in [2.05, 4.69) is 23.4 Å². The number of hydrogen-bond acceptors (Lipinski definition) is 2. The fourth-order valence-corrected chi connectivity index (χ4v) is 1.72. The summed E-state index contributed by atoms with van der Waals surface area (Å²) in [5.74, 6) is 0.252. The number of imide groups is 1. The number of nitrogens with zero attached hydrogens (tertiary/aromatic N) is 3. The molecule has 0 aromatic heterocycles. The quantitative estimate of drug-likeness (QED) is 0.604. The largest absolute Gasteiger partial charge is 0.370 e. The Kier molecular flexibility index (Phi) is 5.26. The summed E-state index contributed by atoms with van der Waals surface area (Å²) >= 11 is 0. The molecule has 5 nitrogen and oxygen atoms in total. The van der Waals surface area contributed by atoms with Crippen LogP contribution >= 0.6 is 0 Å². The van der Waals surface area contributed by atoms with Gasteiger partial charge < -0.3 is 0 Å². The highest BCUT2D eigenvalue weighted by atomic mass is 16.2. The standard InChI is InChI=1S/C12H17N3O2/c1-3-5-7-10(8-6-4-2)9-15-11(16)13-14-12(15)17/h3-4,10H,1-2,5-9H2. The van der Waals surface area contributed by atoms with Crippen molar-refractivity contribution in [3.8, 4) is 0 Å². The highest BCUT2D eigenvalue weighted by Crippen LogP contribution is 2.19. The fraction of sp³-hybridized carbons (Fsp3) is 0.500. The van der Waals surface area contributed by atoms with Crippen LogP contribution < -0.4 is 0 Å². The van der Waals surface area contributed by atoms with E-state index in [1.807, 2.05) is 12.2 Å². The molecule has 0 bridgehead atoms. The summed E-state index contributed by atoms with van der Waals surface area (Å²) in [6, 6.07) is -1.12. The molecular formula is C12H17N3O2. The van der Waals surface area contributed by atoms with E-state index < -0.39 is 12.1 Å². The van der Waals surface area contributed by atoms with Gasteiger partial charge in [-0.3, -0.25) is 0 Å². The Morgan fingerprint density at radius 2 is 1.53 bits per heavy atom. The highest BCUT2D eigenvalue weighted by Gasteiger charge is 2.29. The summed E-state index contributed by atoms with van der Waals surface area (Å²) in [7, 11) is 0. The molecule has 0 saturated heterocycles. The Bertz CT molecular complexity index is 320. The van der Waals surface area contributed by atoms with E-state index in [9.17, 15) is 9.59 Å². The van der Waals surface area contributed by atoms with Crippen LogP contribution in [-0.4, -0.2) is 23.5 Å². The van der Waals surface area contributed by atoms with Gasteiger partial charge in [0, 0.05) is 6.54 Å². The molecule has 0 fully saturated rings. The van der Waals surface area contributed by atoms with Crippen LogP contribution in [0.4, 0.5) is 9.59 Å². The first kappa shape index (κ1) is 13.3. The molecule has 17 heavy (non-hydrogen) atoms. The van der Waals surface area contributed by atoms with Crippen LogP contribution in [0, 0.1) is 5.92 Å². The lowest BCUT2D eigenvalue weighted by atomic mass is 9.97. The second-order valence-electron chi connectivity index (χ2n) is 3.97. The van der Waals surface area contributed by atoms with Crippen LogP contribution in [0.3, 0.4) is 0 Å². The number of carbonyl (C=O) groups is 2. The number of carbonyl (C=O) groups excluding carboxylic acids is 2. The van der Waals surface area contributed by atoms with E-state index in [1.165, 1.54) is 0 Å². The average Bonchev–Trinajstić information content (AvgIpc) is 2.63.